The number of amides is 1. The van der Waals surface area contributed by atoms with Crippen LogP contribution in [0.2, 0.25) is 0 Å². The van der Waals surface area contributed by atoms with Crippen molar-refractivity contribution >= 4 is 27.5 Å². The summed E-state index contributed by atoms with van der Waals surface area (Å²) in [5.74, 6) is 0.570. The van der Waals surface area contributed by atoms with Gasteiger partial charge >= 0.3 is 0 Å². The summed E-state index contributed by atoms with van der Waals surface area (Å²) in [7, 11) is 4.00. The quantitative estimate of drug-likeness (QED) is 0.581. The van der Waals surface area contributed by atoms with Gasteiger partial charge in [-0.25, -0.2) is 4.98 Å². The summed E-state index contributed by atoms with van der Waals surface area (Å²) in [6, 6.07) is 9.49. The van der Waals surface area contributed by atoms with Gasteiger partial charge in [0.05, 0.1) is 11.7 Å². The summed E-state index contributed by atoms with van der Waals surface area (Å²) < 4.78 is 7.01. The zero-order valence-electron chi connectivity index (χ0n) is 17.0. The lowest BCUT2D eigenvalue weighted by atomic mass is 10.2. The van der Waals surface area contributed by atoms with Gasteiger partial charge in [-0.1, -0.05) is 19.1 Å². The van der Waals surface area contributed by atoms with E-state index in [4.69, 9.17) is 4.74 Å². The van der Waals surface area contributed by atoms with Crippen LogP contribution in [0.15, 0.2) is 41.5 Å². The summed E-state index contributed by atoms with van der Waals surface area (Å²) in [6.07, 6.45) is 2.31. The van der Waals surface area contributed by atoms with Crippen LogP contribution in [0.25, 0.3) is 10.2 Å². The second-order valence-electron chi connectivity index (χ2n) is 7.04. The molecule has 0 atom stereocenters. The van der Waals surface area contributed by atoms with Crippen LogP contribution in [0.3, 0.4) is 0 Å². The molecule has 1 amide bonds. The van der Waals surface area contributed by atoms with Crippen LogP contribution in [-0.4, -0.2) is 47.6 Å². The smallest absolute Gasteiger partial charge is 0.262 e. The Hall–Kier alpha value is -2.71. The molecule has 0 radical (unpaired) electrons. The molecule has 0 saturated carbocycles. The third kappa shape index (κ3) is 5.65. The molecule has 1 aromatic carbocycles. The van der Waals surface area contributed by atoms with Crippen LogP contribution < -0.4 is 15.6 Å². The van der Waals surface area contributed by atoms with Gasteiger partial charge in [0.15, 0.2) is 0 Å². The topological polar surface area (TPSA) is 76.5 Å². The highest BCUT2D eigenvalue weighted by Gasteiger charge is 2.11. The van der Waals surface area contributed by atoms with E-state index in [9.17, 15) is 9.59 Å². The third-order valence-corrected chi connectivity index (χ3v) is 5.64. The average molecular weight is 415 g/mol. The number of fused-ring (bicyclic) bond motifs is 1. The molecule has 0 unspecified atom stereocenters. The molecule has 154 valence electrons. The molecule has 0 aliphatic rings. The number of carbonyl (C=O) groups excluding carboxylic acids is 1. The zero-order valence-corrected chi connectivity index (χ0v) is 17.8. The lowest BCUT2D eigenvalue weighted by Crippen LogP contribution is -2.32. The van der Waals surface area contributed by atoms with Gasteiger partial charge < -0.3 is 15.0 Å². The van der Waals surface area contributed by atoms with Gasteiger partial charge in [0.2, 0.25) is 5.91 Å². The van der Waals surface area contributed by atoms with Gasteiger partial charge in [-0.15, -0.1) is 11.3 Å². The van der Waals surface area contributed by atoms with E-state index in [-0.39, 0.29) is 18.0 Å². The number of hydrogen-bond acceptors (Lipinski definition) is 6. The highest BCUT2D eigenvalue weighted by atomic mass is 32.1. The standard InChI is InChI=1S/C21H26N4O3S/c1-4-17-11-18-20(29-17)23-14-25(21(18)27)13-19(26)22-12-15-5-7-16(8-6-15)28-10-9-24(2)3/h5-8,11,14H,4,9-10,12-13H2,1-3H3,(H,22,26). The molecule has 8 heteroatoms. The van der Waals surface area contributed by atoms with E-state index in [0.717, 1.165) is 34.0 Å². The number of carbonyl (C=O) groups is 1. The number of thiophene rings is 1. The van der Waals surface area contributed by atoms with Crippen LogP contribution in [0, 0.1) is 0 Å². The maximum Gasteiger partial charge on any atom is 0.262 e. The number of ether oxygens (including phenoxy) is 1. The van der Waals surface area contributed by atoms with Crippen LogP contribution in [0.5, 0.6) is 5.75 Å². The third-order valence-electron chi connectivity index (χ3n) is 4.45. The number of aryl methyl sites for hydroxylation is 1. The first-order valence-electron chi connectivity index (χ1n) is 9.57. The van der Waals surface area contributed by atoms with Gasteiger partial charge in [0.1, 0.15) is 23.7 Å². The van der Waals surface area contributed by atoms with Crippen molar-refractivity contribution in [1.82, 2.24) is 19.8 Å². The average Bonchev–Trinajstić information content (AvgIpc) is 3.14. The number of nitrogens with one attached hydrogen (secondary N) is 1. The summed E-state index contributed by atoms with van der Waals surface area (Å²) in [6.45, 7) is 3.85. The first-order valence-corrected chi connectivity index (χ1v) is 10.4. The molecule has 1 N–H and O–H groups in total. The molecule has 0 aliphatic heterocycles. The van der Waals surface area contributed by atoms with E-state index in [1.807, 2.05) is 51.4 Å². The van der Waals surface area contributed by atoms with Gasteiger partial charge in [0.25, 0.3) is 5.56 Å². The molecule has 3 aromatic rings. The Kier molecular flexibility index (Phi) is 7.00. The predicted molar refractivity (Wildman–Crippen MR) is 116 cm³/mol. The van der Waals surface area contributed by atoms with Crippen LogP contribution in [0.4, 0.5) is 0 Å². The Morgan fingerprint density at radius 2 is 2.03 bits per heavy atom. The highest BCUT2D eigenvalue weighted by Crippen LogP contribution is 2.20. The highest BCUT2D eigenvalue weighted by molar-refractivity contribution is 7.18. The van der Waals surface area contributed by atoms with E-state index in [1.54, 1.807) is 0 Å². The normalized spacial score (nSPS) is 11.2. The molecule has 0 aliphatic carbocycles. The SMILES string of the molecule is CCc1cc2c(=O)n(CC(=O)NCc3ccc(OCCN(C)C)cc3)cnc2s1. The molecule has 0 fully saturated rings. The van der Waals surface area contributed by atoms with Crippen LogP contribution >= 0.6 is 11.3 Å². The van der Waals surface area contributed by atoms with E-state index in [2.05, 4.69) is 15.2 Å². The monoisotopic (exact) mass is 414 g/mol. The van der Waals surface area contributed by atoms with Crippen LogP contribution in [0.1, 0.15) is 17.4 Å². The first-order chi connectivity index (χ1) is 14.0. The van der Waals surface area contributed by atoms with Gasteiger partial charge in [-0.05, 0) is 44.3 Å². The van der Waals surface area contributed by atoms with Crippen molar-refractivity contribution in [3.05, 3.63) is 57.5 Å². The fourth-order valence-electron chi connectivity index (χ4n) is 2.76. The van der Waals surface area contributed by atoms with Gasteiger partial charge in [-0.3, -0.25) is 14.2 Å². The van der Waals surface area contributed by atoms with Crippen molar-refractivity contribution in [3.8, 4) is 5.75 Å². The fraction of sp³-hybridized carbons (Fsp3) is 0.381. The van der Waals surface area contributed by atoms with Crippen molar-refractivity contribution in [1.29, 1.82) is 0 Å². The van der Waals surface area contributed by atoms with Crippen molar-refractivity contribution in [2.45, 2.75) is 26.4 Å². The zero-order chi connectivity index (χ0) is 20.8. The van der Waals surface area contributed by atoms with Crippen molar-refractivity contribution < 1.29 is 9.53 Å². The second kappa shape index (κ2) is 9.67. The summed E-state index contributed by atoms with van der Waals surface area (Å²) in [5, 5.41) is 3.42. The molecular formula is C21H26N4O3S. The summed E-state index contributed by atoms with van der Waals surface area (Å²) >= 11 is 1.52. The first kappa shape index (κ1) is 21.0. The second-order valence-corrected chi connectivity index (χ2v) is 8.15. The largest absolute Gasteiger partial charge is 0.492 e. The molecule has 0 bridgehead atoms. The molecule has 2 heterocycles. The Morgan fingerprint density at radius 1 is 1.28 bits per heavy atom. The van der Waals surface area contributed by atoms with E-state index in [1.165, 1.54) is 22.2 Å². The van der Waals surface area contributed by atoms with E-state index in [0.29, 0.717) is 18.5 Å². The fourth-order valence-corrected chi connectivity index (χ4v) is 3.68. The maximum atomic E-state index is 12.6. The Labute approximate surface area is 173 Å². The minimum atomic E-state index is -0.231. The van der Waals surface area contributed by atoms with Crippen molar-refractivity contribution in [2.24, 2.45) is 0 Å². The lowest BCUT2D eigenvalue weighted by molar-refractivity contribution is -0.121. The van der Waals surface area contributed by atoms with Crippen molar-refractivity contribution in [3.63, 3.8) is 0 Å². The Morgan fingerprint density at radius 3 is 2.72 bits per heavy atom. The molecule has 7 nitrogen and oxygen atoms in total. The molecule has 3 rings (SSSR count). The van der Waals surface area contributed by atoms with E-state index >= 15 is 0 Å². The lowest BCUT2D eigenvalue weighted by Gasteiger charge is -2.11. The number of likely N-dealkylation sites (N-methyl/N-ethyl adjacent to an activating group) is 1. The Bertz CT molecular complexity index is 1020. The number of aromatic nitrogens is 2. The number of nitrogens with zero attached hydrogens (tertiary/aromatic N) is 3. The molecular weight excluding hydrogens is 388 g/mol. The van der Waals surface area contributed by atoms with Gasteiger partial charge in [0, 0.05) is 18.0 Å². The molecule has 2 aromatic heterocycles. The number of rotatable bonds is 9. The maximum absolute atomic E-state index is 12.6. The number of hydrogen-bond donors (Lipinski definition) is 1. The van der Waals surface area contributed by atoms with Crippen molar-refractivity contribution in [2.75, 3.05) is 27.2 Å². The molecule has 0 spiro atoms. The number of benzene rings is 1. The van der Waals surface area contributed by atoms with Crippen LogP contribution in [-0.2, 0) is 24.3 Å². The minimum absolute atomic E-state index is 0.0508. The summed E-state index contributed by atoms with van der Waals surface area (Å²) in [5.41, 5.74) is 0.782. The molecule has 0 saturated heterocycles. The minimum Gasteiger partial charge on any atom is -0.492 e. The Balaban J connectivity index is 1.54. The summed E-state index contributed by atoms with van der Waals surface area (Å²) in [4.78, 5) is 33.0. The predicted octanol–water partition coefficient (Wildman–Crippen LogP) is 2.28. The van der Waals surface area contributed by atoms with E-state index < -0.39 is 0 Å². The molecule has 29 heavy (non-hydrogen) atoms. The van der Waals surface area contributed by atoms with Gasteiger partial charge in [-0.2, -0.15) is 0 Å².